The summed E-state index contributed by atoms with van der Waals surface area (Å²) in [4.78, 5) is 22.2. The first-order valence-electron chi connectivity index (χ1n) is 10.1. The Bertz CT molecular complexity index is 1470. The summed E-state index contributed by atoms with van der Waals surface area (Å²) in [7, 11) is 0. The van der Waals surface area contributed by atoms with E-state index in [0.717, 1.165) is 15.8 Å². The fourth-order valence-corrected chi connectivity index (χ4v) is 4.70. The monoisotopic (exact) mass is 507 g/mol. The van der Waals surface area contributed by atoms with E-state index < -0.39 is 5.91 Å². The maximum Gasteiger partial charge on any atom is 0.297 e. The van der Waals surface area contributed by atoms with Gasteiger partial charge >= 0.3 is 0 Å². The van der Waals surface area contributed by atoms with Crippen LogP contribution in [0.4, 0.5) is 9.52 Å². The Morgan fingerprint density at radius 1 is 1.09 bits per heavy atom. The van der Waals surface area contributed by atoms with Crippen molar-refractivity contribution in [1.29, 1.82) is 0 Å². The largest absolute Gasteiger partial charge is 0.307 e. The number of carbonyl (C=O) groups is 1. The number of amides is 1. The first kappa shape index (κ1) is 22.1. The molecule has 10 heteroatoms. The molecule has 0 radical (unpaired) electrons. The second kappa shape index (κ2) is 9.30. The number of amidine groups is 1. The molecule has 0 unspecified atom stereocenters. The van der Waals surface area contributed by atoms with Crippen LogP contribution in [0, 0.1) is 5.82 Å². The Labute approximate surface area is 208 Å². The third kappa shape index (κ3) is 4.67. The summed E-state index contributed by atoms with van der Waals surface area (Å²) >= 11 is 12.9. The number of nitrogens with one attached hydrogen (secondary N) is 2. The van der Waals surface area contributed by atoms with Crippen LogP contribution in [0.3, 0.4) is 0 Å². The molecule has 1 aliphatic rings. The zero-order chi connectivity index (χ0) is 23.7. The van der Waals surface area contributed by atoms with Gasteiger partial charge in [-0.25, -0.2) is 14.4 Å². The standard InChI is InChI=1S/C24H15ClFN5OS2/c25-16-8-11-18-20(13-16)34-24(28-18)29-23(33)30-31-21(15-4-2-1-3-5-15)27-19(22(31)32)12-14-6-9-17(26)10-7-14/h1-13H,(H2,28,29,30,33)/b19-12-. The van der Waals surface area contributed by atoms with Gasteiger partial charge in [-0.15, -0.1) is 0 Å². The molecule has 0 fully saturated rings. The van der Waals surface area contributed by atoms with Crippen LogP contribution in [-0.2, 0) is 4.79 Å². The SMILES string of the molecule is O=C1/C(=C/c2ccc(F)cc2)N=C(c2ccccc2)N1NC(=S)Nc1nc2ccc(Cl)cc2s1. The van der Waals surface area contributed by atoms with E-state index in [1.165, 1.54) is 28.5 Å². The number of hydrogen-bond donors (Lipinski definition) is 2. The Kier molecular flexibility index (Phi) is 6.06. The molecule has 1 amide bonds. The lowest BCUT2D eigenvalue weighted by Crippen LogP contribution is -2.48. The number of benzene rings is 3. The number of rotatable bonds is 4. The van der Waals surface area contributed by atoms with Crippen molar-refractivity contribution >= 4 is 73.4 Å². The van der Waals surface area contributed by atoms with Gasteiger partial charge < -0.3 is 5.32 Å². The molecule has 2 N–H and O–H groups in total. The topological polar surface area (TPSA) is 69.6 Å². The maximum atomic E-state index is 13.3. The summed E-state index contributed by atoms with van der Waals surface area (Å²) in [5.41, 5.74) is 5.27. The molecule has 0 bridgehead atoms. The van der Waals surface area contributed by atoms with Gasteiger partial charge in [-0.1, -0.05) is 65.4 Å². The molecule has 4 aromatic rings. The minimum absolute atomic E-state index is 0.171. The molecular weight excluding hydrogens is 493 g/mol. The zero-order valence-electron chi connectivity index (χ0n) is 17.3. The van der Waals surface area contributed by atoms with Gasteiger partial charge in [0, 0.05) is 10.6 Å². The summed E-state index contributed by atoms with van der Waals surface area (Å²) in [5, 5.41) is 5.65. The Balaban J connectivity index is 1.41. The van der Waals surface area contributed by atoms with Gasteiger partial charge in [-0.05, 0) is 54.2 Å². The van der Waals surface area contributed by atoms with E-state index >= 15 is 0 Å². The van der Waals surface area contributed by atoms with Crippen molar-refractivity contribution in [1.82, 2.24) is 15.4 Å². The molecule has 3 aromatic carbocycles. The molecule has 0 aliphatic carbocycles. The number of aliphatic imine (C=N–C) groups is 1. The van der Waals surface area contributed by atoms with Crippen LogP contribution >= 0.6 is 35.2 Å². The lowest BCUT2D eigenvalue weighted by atomic mass is 10.2. The highest BCUT2D eigenvalue weighted by atomic mass is 35.5. The van der Waals surface area contributed by atoms with E-state index in [-0.39, 0.29) is 16.6 Å². The molecule has 168 valence electrons. The number of aromatic nitrogens is 1. The number of halogens is 2. The average molecular weight is 508 g/mol. The molecule has 1 aliphatic heterocycles. The summed E-state index contributed by atoms with van der Waals surface area (Å²) in [6, 6.07) is 20.5. The lowest BCUT2D eigenvalue weighted by molar-refractivity contribution is -0.123. The Hall–Kier alpha value is -3.66. The predicted molar refractivity (Wildman–Crippen MR) is 138 cm³/mol. The molecule has 0 spiro atoms. The first-order valence-corrected chi connectivity index (χ1v) is 11.7. The third-order valence-corrected chi connectivity index (χ3v) is 6.21. The van der Waals surface area contributed by atoms with Gasteiger partial charge in [-0.2, -0.15) is 5.01 Å². The third-order valence-electron chi connectivity index (χ3n) is 4.85. The molecule has 1 aromatic heterocycles. The van der Waals surface area contributed by atoms with Crippen molar-refractivity contribution in [2.45, 2.75) is 0 Å². The number of nitrogens with zero attached hydrogens (tertiary/aromatic N) is 3. The van der Waals surface area contributed by atoms with Gasteiger partial charge in [0.25, 0.3) is 5.91 Å². The van der Waals surface area contributed by atoms with E-state index in [1.807, 2.05) is 42.5 Å². The van der Waals surface area contributed by atoms with Crippen molar-refractivity contribution in [3.8, 4) is 0 Å². The summed E-state index contributed by atoms with van der Waals surface area (Å²) < 4.78 is 14.2. The number of fused-ring (bicyclic) bond motifs is 1. The Morgan fingerprint density at radius 3 is 2.62 bits per heavy atom. The fourth-order valence-electron chi connectivity index (χ4n) is 3.30. The van der Waals surface area contributed by atoms with Crippen molar-refractivity contribution < 1.29 is 9.18 Å². The number of hydrogen-bond acceptors (Lipinski definition) is 5. The Morgan fingerprint density at radius 2 is 1.85 bits per heavy atom. The highest BCUT2D eigenvalue weighted by molar-refractivity contribution is 7.80. The van der Waals surface area contributed by atoms with E-state index in [9.17, 15) is 9.18 Å². The number of carbonyl (C=O) groups excluding carboxylic acids is 1. The van der Waals surface area contributed by atoms with Crippen molar-refractivity contribution in [3.63, 3.8) is 0 Å². The zero-order valence-corrected chi connectivity index (χ0v) is 19.7. The average Bonchev–Trinajstić information content (AvgIpc) is 3.36. The van der Waals surface area contributed by atoms with Crippen molar-refractivity contribution in [2.75, 3.05) is 5.32 Å². The van der Waals surface area contributed by atoms with Crippen LogP contribution in [0.1, 0.15) is 11.1 Å². The molecule has 6 nitrogen and oxygen atoms in total. The molecule has 34 heavy (non-hydrogen) atoms. The van der Waals surface area contributed by atoms with Crippen LogP contribution < -0.4 is 10.7 Å². The van der Waals surface area contributed by atoms with Gasteiger partial charge in [0.2, 0.25) is 0 Å². The molecule has 5 rings (SSSR count). The fraction of sp³-hybridized carbons (Fsp3) is 0. The summed E-state index contributed by atoms with van der Waals surface area (Å²) in [6.45, 7) is 0. The van der Waals surface area contributed by atoms with Crippen LogP contribution in [-0.4, -0.2) is 26.8 Å². The molecule has 2 heterocycles. The van der Waals surface area contributed by atoms with Crippen molar-refractivity contribution in [2.24, 2.45) is 4.99 Å². The second-order valence-electron chi connectivity index (χ2n) is 7.22. The number of thiocarbonyl (C=S) groups is 1. The highest BCUT2D eigenvalue weighted by Crippen LogP contribution is 2.28. The first-order chi connectivity index (χ1) is 16.5. The van der Waals surface area contributed by atoms with Crippen LogP contribution in [0.25, 0.3) is 16.3 Å². The van der Waals surface area contributed by atoms with Gasteiger partial charge in [0.1, 0.15) is 11.5 Å². The van der Waals surface area contributed by atoms with Gasteiger partial charge in [0.05, 0.1) is 10.2 Å². The lowest BCUT2D eigenvalue weighted by Gasteiger charge is -2.20. The van der Waals surface area contributed by atoms with E-state index in [0.29, 0.717) is 21.6 Å². The van der Waals surface area contributed by atoms with Gasteiger partial charge in [-0.3, -0.25) is 10.2 Å². The number of hydrazine groups is 1. The van der Waals surface area contributed by atoms with E-state index in [1.54, 1.807) is 24.3 Å². The number of thiazole rings is 1. The smallest absolute Gasteiger partial charge is 0.297 e. The molecule has 0 atom stereocenters. The summed E-state index contributed by atoms with van der Waals surface area (Å²) in [5.74, 6) is -0.368. The molecule has 0 saturated carbocycles. The second-order valence-corrected chi connectivity index (χ2v) is 9.10. The molecule has 0 saturated heterocycles. The minimum atomic E-state index is -0.400. The normalized spacial score (nSPS) is 14.5. The van der Waals surface area contributed by atoms with Crippen LogP contribution in [0.2, 0.25) is 5.02 Å². The minimum Gasteiger partial charge on any atom is -0.307 e. The quantitative estimate of drug-likeness (QED) is 0.277. The van der Waals surface area contributed by atoms with Gasteiger partial charge in [0.15, 0.2) is 16.1 Å². The number of anilines is 1. The van der Waals surface area contributed by atoms with Crippen LogP contribution in [0.15, 0.2) is 83.5 Å². The summed E-state index contributed by atoms with van der Waals surface area (Å²) in [6.07, 6.45) is 1.60. The highest BCUT2D eigenvalue weighted by Gasteiger charge is 2.32. The van der Waals surface area contributed by atoms with Crippen molar-refractivity contribution in [3.05, 3.63) is 100 Å². The predicted octanol–water partition coefficient (Wildman–Crippen LogP) is 5.62. The van der Waals surface area contributed by atoms with E-state index in [2.05, 4.69) is 20.7 Å². The molecular formula is C24H15ClFN5OS2. The maximum absolute atomic E-state index is 13.3. The van der Waals surface area contributed by atoms with Crippen LogP contribution in [0.5, 0.6) is 0 Å². The van der Waals surface area contributed by atoms with E-state index in [4.69, 9.17) is 23.8 Å².